The Balaban J connectivity index is 1.45. The van der Waals surface area contributed by atoms with Gasteiger partial charge < -0.3 is 4.90 Å². The van der Waals surface area contributed by atoms with Gasteiger partial charge in [0.25, 0.3) is 0 Å². The lowest BCUT2D eigenvalue weighted by Crippen LogP contribution is -2.31. The Bertz CT molecular complexity index is 1070. The summed E-state index contributed by atoms with van der Waals surface area (Å²) in [6.07, 6.45) is 6.13. The smallest absolute Gasteiger partial charge is 0.228 e. The van der Waals surface area contributed by atoms with Gasteiger partial charge in [-0.1, -0.05) is 30.0 Å². The lowest BCUT2D eigenvalue weighted by Gasteiger charge is -2.27. The zero-order valence-electron chi connectivity index (χ0n) is 17.2. The maximum atomic E-state index is 9.73. The minimum atomic E-state index is 0.510. The van der Waals surface area contributed by atoms with Crippen LogP contribution in [0.4, 0.5) is 5.95 Å². The molecule has 154 valence electrons. The van der Waals surface area contributed by atoms with Gasteiger partial charge in [-0.05, 0) is 51.2 Å². The van der Waals surface area contributed by atoms with E-state index in [9.17, 15) is 5.26 Å². The summed E-state index contributed by atoms with van der Waals surface area (Å²) >= 11 is 1.66. The topological polar surface area (TPSA) is 75.6 Å². The van der Waals surface area contributed by atoms with Crippen LogP contribution in [0.1, 0.15) is 55.1 Å². The number of para-hydroxylation sites is 1. The number of anilines is 1. The van der Waals surface area contributed by atoms with Crippen LogP contribution in [0.15, 0.2) is 35.5 Å². The van der Waals surface area contributed by atoms with Gasteiger partial charge in [-0.3, -0.25) is 4.57 Å². The molecule has 0 atom stereocenters. The number of nitriles is 1. The molecule has 8 heteroatoms. The fourth-order valence-electron chi connectivity index (χ4n) is 4.10. The molecule has 1 aromatic carbocycles. The first kappa shape index (κ1) is 19.2. The van der Waals surface area contributed by atoms with Crippen LogP contribution in [-0.4, -0.2) is 37.6 Å². The Hall–Kier alpha value is -2.79. The molecule has 2 aromatic heterocycles. The summed E-state index contributed by atoms with van der Waals surface area (Å²) in [5.41, 5.74) is 3.29. The predicted molar refractivity (Wildman–Crippen MR) is 117 cm³/mol. The van der Waals surface area contributed by atoms with Gasteiger partial charge in [0, 0.05) is 24.9 Å². The van der Waals surface area contributed by atoms with E-state index < -0.39 is 0 Å². The summed E-state index contributed by atoms with van der Waals surface area (Å²) in [6.45, 7) is 4.02. The predicted octanol–water partition coefficient (Wildman–Crippen LogP) is 4.26. The second-order valence-electron chi connectivity index (χ2n) is 7.99. The van der Waals surface area contributed by atoms with Gasteiger partial charge in [-0.25, -0.2) is 4.68 Å². The van der Waals surface area contributed by atoms with Gasteiger partial charge in [0.2, 0.25) is 5.95 Å². The van der Waals surface area contributed by atoms with Crippen molar-refractivity contribution in [3.63, 3.8) is 0 Å². The van der Waals surface area contributed by atoms with E-state index in [0.29, 0.717) is 17.4 Å². The molecule has 1 saturated carbocycles. The van der Waals surface area contributed by atoms with Crippen LogP contribution < -0.4 is 4.90 Å². The van der Waals surface area contributed by atoms with Gasteiger partial charge in [-0.2, -0.15) is 10.4 Å². The number of aryl methyl sites for hydroxylation is 1. The first-order valence-corrected chi connectivity index (χ1v) is 11.6. The Morgan fingerprint density at radius 1 is 1.10 bits per heavy atom. The summed E-state index contributed by atoms with van der Waals surface area (Å²) in [6, 6.07) is 12.9. The molecule has 2 fully saturated rings. The van der Waals surface area contributed by atoms with E-state index in [1.54, 1.807) is 11.8 Å². The third-order valence-electron chi connectivity index (χ3n) is 5.80. The molecule has 1 saturated heterocycles. The standard InChI is InChI=1S/C22H25N7S/c1-16-19(14-23)20(29(26-16)18-8-4-2-5-9-18)15-30-22-25-24-21(28(22)17-10-11-17)27-12-6-3-7-13-27/h2,4-5,8-9,17H,3,6-7,10-13,15H2,1H3. The number of aromatic nitrogens is 5. The van der Waals surface area contributed by atoms with E-state index in [-0.39, 0.29) is 0 Å². The average molecular weight is 420 g/mol. The van der Waals surface area contributed by atoms with Crippen molar-refractivity contribution in [1.29, 1.82) is 5.26 Å². The number of thioether (sulfide) groups is 1. The zero-order chi connectivity index (χ0) is 20.5. The van der Waals surface area contributed by atoms with E-state index in [1.165, 1.54) is 32.1 Å². The minimum Gasteiger partial charge on any atom is -0.341 e. The highest BCUT2D eigenvalue weighted by molar-refractivity contribution is 7.98. The van der Waals surface area contributed by atoms with Gasteiger partial charge in [0.15, 0.2) is 5.16 Å². The summed E-state index contributed by atoms with van der Waals surface area (Å²) in [5.74, 6) is 1.65. The molecule has 5 rings (SSSR count). The highest BCUT2D eigenvalue weighted by Gasteiger charge is 2.32. The molecular weight excluding hydrogens is 394 g/mol. The Kier molecular flexibility index (Phi) is 5.21. The first-order chi connectivity index (χ1) is 14.8. The molecule has 1 aliphatic heterocycles. The molecule has 0 bridgehead atoms. The lowest BCUT2D eigenvalue weighted by atomic mass is 10.1. The number of rotatable bonds is 6. The number of hydrogen-bond donors (Lipinski definition) is 0. The summed E-state index contributed by atoms with van der Waals surface area (Å²) in [7, 11) is 0. The van der Waals surface area contributed by atoms with E-state index in [2.05, 4.69) is 30.8 Å². The fourth-order valence-corrected chi connectivity index (χ4v) is 5.10. The molecule has 1 aliphatic carbocycles. The Morgan fingerprint density at radius 3 is 2.57 bits per heavy atom. The highest BCUT2D eigenvalue weighted by atomic mass is 32.2. The zero-order valence-corrected chi connectivity index (χ0v) is 18.0. The van der Waals surface area contributed by atoms with Crippen LogP contribution in [-0.2, 0) is 5.75 Å². The molecule has 0 amide bonds. The maximum absolute atomic E-state index is 9.73. The molecule has 0 spiro atoms. The van der Waals surface area contributed by atoms with Crippen molar-refractivity contribution >= 4 is 17.7 Å². The van der Waals surface area contributed by atoms with Crippen LogP contribution in [0.3, 0.4) is 0 Å². The van der Waals surface area contributed by atoms with Crippen LogP contribution in [0.25, 0.3) is 5.69 Å². The van der Waals surface area contributed by atoms with Gasteiger partial charge in [-0.15, -0.1) is 10.2 Å². The summed E-state index contributed by atoms with van der Waals surface area (Å²) < 4.78 is 4.22. The van der Waals surface area contributed by atoms with Gasteiger partial charge >= 0.3 is 0 Å². The lowest BCUT2D eigenvalue weighted by molar-refractivity contribution is 0.548. The molecule has 0 N–H and O–H groups in total. The molecule has 2 aliphatic rings. The average Bonchev–Trinajstić information content (AvgIpc) is 3.46. The van der Waals surface area contributed by atoms with Gasteiger partial charge in [0.1, 0.15) is 6.07 Å². The number of benzene rings is 1. The van der Waals surface area contributed by atoms with Crippen molar-refractivity contribution in [2.24, 2.45) is 0 Å². The normalized spacial score (nSPS) is 16.6. The number of nitrogens with zero attached hydrogens (tertiary/aromatic N) is 7. The van der Waals surface area contributed by atoms with E-state index in [0.717, 1.165) is 41.3 Å². The first-order valence-electron chi connectivity index (χ1n) is 10.6. The third kappa shape index (κ3) is 3.58. The van der Waals surface area contributed by atoms with Crippen molar-refractivity contribution in [3.05, 3.63) is 47.3 Å². The summed E-state index contributed by atoms with van der Waals surface area (Å²) in [4.78, 5) is 2.39. The SMILES string of the molecule is Cc1nn(-c2ccccc2)c(CSc2nnc(N3CCCCC3)n2C2CC2)c1C#N. The quantitative estimate of drug-likeness (QED) is 0.556. The van der Waals surface area contributed by atoms with Crippen molar-refractivity contribution in [2.45, 2.75) is 56.0 Å². The maximum Gasteiger partial charge on any atom is 0.228 e. The van der Waals surface area contributed by atoms with E-state index in [4.69, 9.17) is 0 Å². The van der Waals surface area contributed by atoms with E-state index >= 15 is 0 Å². The number of hydrogen-bond acceptors (Lipinski definition) is 6. The molecule has 3 aromatic rings. The second-order valence-corrected chi connectivity index (χ2v) is 8.93. The van der Waals surface area contributed by atoms with Crippen molar-refractivity contribution in [1.82, 2.24) is 24.5 Å². The molecule has 7 nitrogen and oxygen atoms in total. The molecular formula is C22H25N7S. The fraction of sp³-hybridized carbons (Fsp3) is 0.455. The molecule has 3 heterocycles. The molecule has 0 unspecified atom stereocenters. The minimum absolute atomic E-state index is 0.510. The highest BCUT2D eigenvalue weighted by Crippen LogP contribution is 2.42. The van der Waals surface area contributed by atoms with Crippen molar-refractivity contribution in [2.75, 3.05) is 18.0 Å². The number of piperidine rings is 1. The Morgan fingerprint density at radius 2 is 1.87 bits per heavy atom. The Labute approximate surface area is 180 Å². The third-order valence-corrected chi connectivity index (χ3v) is 6.76. The monoisotopic (exact) mass is 419 g/mol. The van der Waals surface area contributed by atoms with Crippen LogP contribution >= 0.6 is 11.8 Å². The van der Waals surface area contributed by atoms with Crippen LogP contribution in [0, 0.1) is 18.3 Å². The van der Waals surface area contributed by atoms with E-state index in [1.807, 2.05) is 41.9 Å². The van der Waals surface area contributed by atoms with Crippen LogP contribution in [0.5, 0.6) is 0 Å². The largest absolute Gasteiger partial charge is 0.341 e. The second kappa shape index (κ2) is 8.15. The molecule has 0 radical (unpaired) electrons. The summed E-state index contributed by atoms with van der Waals surface area (Å²) in [5, 5.41) is 24.4. The molecule has 30 heavy (non-hydrogen) atoms. The van der Waals surface area contributed by atoms with Gasteiger partial charge in [0.05, 0.1) is 22.6 Å². The van der Waals surface area contributed by atoms with Crippen molar-refractivity contribution < 1.29 is 0 Å². The van der Waals surface area contributed by atoms with Crippen LogP contribution in [0.2, 0.25) is 0 Å². The van der Waals surface area contributed by atoms with Crippen molar-refractivity contribution in [3.8, 4) is 11.8 Å².